The molecule has 0 aliphatic carbocycles. The number of carbonyl (C=O) groups is 1. The average Bonchev–Trinajstić information content (AvgIpc) is 2.64. The zero-order chi connectivity index (χ0) is 16.8. The van der Waals surface area contributed by atoms with Crippen LogP contribution in [0, 0.1) is 0 Å². The highest BCUT2D eigenvalue weighted by Gasteiger charge is 2.22. The van der Waals surface area contributed by atoms with Gasteiger partial charge in [0, 0.05) is 38.9 Å². The third-order valence-electron chi connectivity index (χ3n) is 4.05. The Kier molecular flexibility index (Phi) is 5.67. The number of pyridine rings is 1. The number of rotatable bonds is 5. The minimum absolute atomic E-state index is 0.00238. The summed E-state index contributed by atoms with van der Waals surface area (Å²) in [6.45, 7) is 4.49. The summed E-state index contributed by atoms with van der Waals surface area (Å²) in [5, 5.41) is 0.628. The molecule has 3 rings (SSSR count). The highest BCUT2D eigenvalue weighted by molar-refractivity contribution is 6.32. The molecule has 24 heavy (non-hydrogen) atoms. The lowest BCUT2D eigenvalue weighted by Gasteiger charge is -2.34. The summed E-state index contributed by atoms with van der Waals surface area (Å²) in [6, 6.07) is 12.9. The van der Waals surface area contributed by atoms with Crippen LogP contribution in [-0.2, 0) is 0 Å². The maximum absolute atomic E-state index is 12.3. The van der Waals surface area contributed by atoms with E-state index in [1.54, 1.807) is 12.3 Å². The van der Waals surface area contributed by atoms with Gasteiger partial charge in [-0.1, -0.05) is 29.8 Å². The number of nitrogens with zero attached hydrogens (tertiary/aromatic N) is 3. The van der Waals surface area contributed by atoms with Gasteiger partial charge in [-0.15, -0.1) is 0 Å². The van der Waals surface area contributed by atoms with E-state index < -0.39 is 0 Å². The quantitative estimate of drug-likeness (QED) is 0.835. The van der Waals surface area contributed by atoms with Crippen molar-refractivity contribution >= 4 is 17.5 Å². The normalized spacial score (nSPS) is 15.3. The Hall–Kier alpha value is -2.11. The van der Waals surface area contributed by atoms with E-state index in [-0.39, 0.29) is 5.91 Å². The fourth-order valence-corrected chi connectivity index (χ4v) is 2.86. The molecule has 0 saturated carbocycles. The molecule has 1 aromatic heterocycles. The Morgan fingerprint density at radius 3 is 2.54 bits per heavy atom. The highest BCUT2D eigenvalue weighted by Crippen LogP contribution is 2.22. The number of para-hydroxylation sites is 1. The molecule has 0 unspecified atom stereocenters. The first-order chi connectivity index (χ1) is 11.7. The van der Waals surface area contributed by atoms with Crippen molar-refractivity contribution in [3.8, 4) is 5.75 Å². The van der Waals surface area contributed by atoms with Gasteiger partial charge in [0.2, 0.25) is 0 Å². The zero-order valence-electron chi connectivity index (χ0n) is 13.4. The second-order valence-corrected chi connectivity index (χ2v) is 6.03. The van der Waals surface area contributed by atoms with Crippen LogP contribution in [0.15, 0.2) is 48.7 Å². The van der Waals surface area contributed by atoms with E-state index in [0.29, 0.717) is 36.2 Å². The largest absolute Gasteiger partial charge is 0.491 e. The Bertz CT molecular complexity index is 673. The van der Waals surface area contributed by atoms with Crippen LogP contribution in [0.25, 0.3) is 0 Å². The van der Waals surface area contributed by atoms with Crippen molar-refractivity contribution in [3.63, 3.8) is 0 Å². The lowest BCUT2D eigenvalue weighted by molar-refractivity contribution is 0.0614. The van der Waals surface area contributed by atoms with Crippen molar-refractivity contribution in [2.45, 2.75) is 0 Å². The maximum Gasteiger partial charge on any atom is 0.272 e. The van der Waals surface area contributed by atoms with Crippen LogP contribution in [0.1, 0.15) is 10.5 Å². The molecule has 1 aliphatic heterocycles. The van der Waals surface area contributed by atoms with E-state index in [9.17, 15) is 4.79 Å². The fourth-order valence-electron chi connectivity index (χ4n) is 2.67. The van der Waals surface area contributed by atoms with Gasteiger partial charge in [0.25, 0.3) is 5.91 Å². The van der Waals surface area contributed by atoms with E-state index in [4.69, 9.17) is 16.3 Å². The first kappa shape index (κ1) is 16.7. The molecule has 1 aromatic carbocycles. The van der Waals surface area contributed by atoms with Gasteiger partial charge in [-0.25, -0.2) is 0 Å². The van der Waals surface area contributed by atoms with Gasteiger partial charge in [0.05, 0.1) is 5.02 Å². The van der Waals surface area contributed by atoms with E-state index in [1.807, 2.05) is 41.3 Å². The standard InChI is InChI=1S/C18H20ClN3O2/c19-15-5-1-2-7-17(15)24-14-13-21-9-11-22(12-10-21)18(23)16-6-3-4-8-20-16/h1-8H,9-14H2. The number of benzene rings is 1. The van der Waals surface area contributed by atoms with Crippen molar-refractivity contribution in [2.75, 3.05) is 39.3 Å². The summed E-state index contributed by atoms with van der Waals surface area (Å²) >= 11 is 6.07. The summed E-state index contributed by atoms with van der Waals surface area (Å²) < 4.78 is 5.72. The van der Waals surface area contributed by atoms with Crippen molar-refractivity contribution in [2.24, 2.45) is 0 Å². The number of hydrogen-bond acceptors (Lipinski definition) is 4. The molecular weight excluding hydrogens is 326 g/mol. The molecule has 0 bridgehead atoms. The van der Waals surface area contributed by atoms with Crippen LogP contribution >= 0.6 is 11.6 Å². The minimum Gasteiger partial charge on any atom is -0.491 e. The van der Waals surface area contributed by atoms with Gasteiger partial charge < -0.3 is 9.64 Å². The van der Waals surface area contributed by atoms with E-state index in [0.717, 1.165) is 19.6 Å². The van der Waals surface area contributed by atoms with Gasteiger partial charge in [-0.05, 0) is 24.3 Å². The Morgan fingerprint density at radius 2 is 1.83 bits per heavy atom. The lowest BCUT2D eigenvalue weighted by Crippen LogP contribution is -2.49. The molecule has 0 radical (unpaired) electrons. The molecule has 2 aromatic rings. The lowest BCUT2D eigenvalue weighted by atomic mass is 10.2. The molecule has 1 saturated heterocycles. The molecule has 6 heteroatoms. The summed E-state index contributed by atoms with van der Waals surface area (Å²) in [6.07, 6.45) is 1.65. The Morgan fingerprint density at radius 1 is 1.08 bits per heavy atom. The van der Waals surface area contributed by atoms with E-state index >= 15 is 0 Å². The monoisotopic (exact) mass is 345 g/mol. The predicted molar refractivity (Wildman–Crippen MR) is 93.5 cm³/mol. The molecular formula is C18H20ClN3O2. The number of carbonyl (C=O) groups excluding carboxylic acids is 1. The second-order valence-electron chi connectivity index (χ2n) is 5.63. The first-order valence-electron chi connectivity index (χ1n) is 8.04. The molecule has 2 heterocycles. The minimum atomic E-state index is 0.00238. The molecule has 0 spiro atoms. The summed E-state index contributed by atoms with van der Waals surface area (Å²) in [5.41, 5.74) is 0.507. The number of aromatic nitrogens is 1. The van der Waals surface area contributed by atoms with Gasteiger partial charge >= 0.3 is 0 Å². The molecule has 0 N–H and O–H groups in total. The molecule has 1 amide bonds. The topological polar surface area (TPSA) is 45.7 Å². The van der Waals surface area contributed by atoms with Crippen molar-refractivity contribution in [1.29, 1.82) is 0 Å². The number of ether oxygens (including phenoxy) is 1. The average molecular weight is 346 g/mol. The van der Waals surface area contributed by atoms with Gasteiger partial charge in [0.15, 0.2) is 0 Å². The third-order valence-corrected chi connectivity index (χ3v) is 4.36. The fraction of sp³-hybridized carbons (Fsp3) is 0.333. The molecule has 5 nitrogen and oxygen atoms in total. The SMILES string of the molecule is O=C(c1ccccn1)N1CCN(CCOc2ccccc2Cl)CC1. The summed E-state index contributed by atoms with van der Waals surface area (Å²) in [4.78, 5) is 20.6. The third kappa shape index (κ3) is 4.24. The number of hydrogen-bond donors (Lipinski definition) is 0. The Labute approximate surface area is 146 Å². The number of amides is 1. The summed E-state index contributed by atoms with van der Waals surface area (Å²) in [7, 11) is 0. The molecule has 1 aliphatic rings. The van der Waals surface area contributed by atoms with Crippen LogP contribution in [-0.4, -0.2) is 60.0 Å². The van der Waals surface area contributed by atoms with Gasteiger partial charge in [-0.2, -0.15) is 0 Å². The second kappa shape index (κ2) is 8.13. The first-order valence-corrected chi connectivity index (χ1v) is 8.42. The van der Waals surface area contributed by atoms with Crippen LogP contribution in [0.4, 0.5) is 0 Å². The van der Waals surface area contributed by atoms with Crippen molar-refractivity contribution < 1.29 is 9.53 Å². The smallest absolute Gasteiger partial charge is 0.272 e. The number of halogens is 1. The highest BCUT2D eigenvalue weighted by atomic mass is 35.5. The molecule has 0 atom stereocenters. The Balaban J connectivity index is 1.42. The molecule has 1 fully saturated rings. The maximum atomic E-state index is 12.3. The van der Waals surface area contributed by atoms with E-state index in [2.05, 4.69) is 9.88 Å². The molecule has 126 valence electrons. The zero-order valence-corrected chi connectivity index (χ0v) is 14.2. The van der Waals surface area contributed by atoms with Crippen molar-refractivity contribution in [3.05, 3.63) is 59.4 Å². The van der Waals surface area contributed by atoms with Gasteiger partial charge in [0.1, 0.15) is 18.1 Å². The van der Waals surface area contributed by atoms with Crippen LogP contribution < -0.4 is 4.74 Å². The van der Waals surface area contributed by atoms with Crippen molar-refractivity contribution in [1.82, 2.24) is 14.8 Å². The predicted octanol–water partition coefficient (Wildman–Crippen LogP) is 2.57. The van der Waals surface area contributed by atoms with Crippen LogP contribution in [0.2, 0.25) is 5.02 Å². The van der Waals surface area contributed by atoms with Crippen LogP contribution in [0.3, 0.4) is 0 Å². The number of piperazine rings is 1. The van der Waals surface area contributed by atoms with Crippen LogP contribution in [0.5, 0.6) is 5.75 Å². The van der Waals surface area contributed by atoms with E-state index in [1.165, 1.54) is 0 Å². The summed E-state index contributed by atoms with van der Waals surface area (Å²) in [5.74, 6) is 0.714. The van der Waals surface area contributed by atoms with Gasteiger partial charge in [-0.3, -0.25) is 14.7 Å².